The minimum absolute atomic E-state index is 0.00958. The number of amides is 1. The lowest BCUT2D eigenvalue weighted by atomic mass is 9.92. The molecular formula is C13H18N4O. The Morgan fingerprint density at radius 2 is 2.06 bits per heavy atom. The van der Waals surface area contributed by atoms with Crippen molar-refractivity contribution in [3.63, 3.8) is 0 Å². The third kappa shape index (κ3) is 2.26. The molecule has 1 aliphatic heterocycles. The second-order valence-corrected chi connectivity index (χ2v) is 4.66. The fraction of sp³-hybridized carbons (Fsp3) is 0.462. The van der Waals surface area contributed by atoms with Crippen molar-refractivity contribution in [2.24, 2.45) is 22.7 Å². The van der Waals surface area contributed by atoms with E-state index in [2.05, 4.69) is 10.1 Å². The number of hydrogen-bond acceptors (Lipinski definition) is 4. The Balaban J connectivity index is 2.31. The third-order valence-electron chi connectivity index (χ3n) is 3.03. The molecule has 1 aromatic heterocycles. The van der Waals surface area contributed by atoms with Gasteiger partial charge in [-0.3, -0.25) is 9.78 Å². The molecule has 0 spiro atoms. The fourth-order valence-electron chi connectivity index (χ4n) is 2.13. The number of rotatable bonds is 4. The molecule has 0 bridgehead atoms. The number of nitrogens with two attached hydrogens (primary N) is 1. The summed E-state index contributed by atoms with van der Waals surface area (Å²) in [6.45, 7) is 4.59. The van der Waals surface area contributed by atoms with Crippen LogP contribution in [0.15, 0.2) is 29.6 Å². The van der Waals surface area contributed by atoms with Crippen LogP contribution in [0.5, 0.6) is 0 Å². The van der Waals surface area contributed by atoms with Crippen molar-refractivity contribution in [3.8, 4) is 0 Å². The third-order valence-corrected chi connectivity index (χ3v) is 3.03. The summed E-state index contributed by atoms with van der Waals surface area (Å²) in [5, 5.41) is 5.93. The molecule has 0 saturated heterocycles. The first-order valence-electron chi connectivity index (χ1n) is 6.17. The molecule has 18 heavy (non-hydrogen) atoms. The number of hydrazone groups is 1. The van der Waals surface area contributed by atoms with E-state index >= 15 is 0 Å². The highest BCUT2D eigenvalue weighted by molar-refractivity contribution is 6.16. The zero-order valence-electron chi connectivity index (χ0n) is 10.7. The van der Waals surface area contributed by atoms with Crippen LogP contribution >= 0.6 is 0 Å². The molecule has 1 unspecified atom stereocenters. The zero-order chi connectivity index (χ0) is 13.1. The number of hydrogen-bond donors (Lipinski definition) is 1. The van der Waals surface area contributed by atoms with E-state index in [1.165, 1.54) is 5.01 Å². The summed E-state index contributed by atoms with van der Waals surface area (Å²) in [6, 6.07) is 3.56. The predicted octanol–water partition coefficient (Wildman–Crippen LogP) is 1.41. The van der Waals surface area contributed by atoms with Gasteiger partial charge in [-0.2, -0.15) is 5.10 Å². The van der Waals surface area contributed by atoms with Gasteiger partial charge in [0.2, 0.25) is 0 Å². The standard InChI is InChI=1S/C13H18N4O/c1-9(2)12-11(3-6-14)13(18)17(16-12)10-4-7-15-8-5-10/h4-5,7-9,11H,3,6,14H2,1-2H3. The van der Waals surface area contributed by atoms with Gasteiger partial charge in [-0.15, -0.1) is 0 Å². The molecule has 5 heteroatoms. The van der Waals surface area contributed by atoms with Gasteiger partial charge in [0.05, 0.1) is 17.3 Å². The highest BCUT2D eigenvalue weighted by Gasteiger charge is 2.36. The van der Waals surface area contributed by atoms with E-state index in [-0.39, 0.29) is 17.7 Å². The molecule has 0 fully saturated rings. The Hall–Kier alpha value is -1.75. The van der Waals surface area contributed by atoms with E-state index < -0.39 is 0 Å². The monoisotopic (exact) mass is 246 g/mol. The second kappa shape index (κ2) is 5.27. The average Bonchev–Trinajstić information content (AvgIpc) is 2.69. The molecule has 5 nitrogen and oxygen atoms in total. The van der Waals surface area contributed by atoms with Gasteiger partial charge < -0.3 is 5.73 Å². The Kier molecular flexibility index (Phi) is 3.72. The molecule has 0 saturated carbocycles. The van der Waals surface area contributed by atoms with E-state index in [0.717, 1.165) is 11.4 Å². The maximum Gasteiger partial charge on any atom is 0.256 e. The van der Waals surface area contributed by atoms with Crippen LogP contribution in [0, 0.1) is 11.8 Å². The number of anilines is 1. The molecule has 0 aliphatic carbocycles. The number of aromatic nitrogens is 1. The van der Waals surface area contributed by atoms with Gasteiger partial charge >= 0.3 is 0 Å². The van der Waals surface area contributed by atoms with Crippen molar-refractivity contribution in [1.82, 2.24) is 4.98 Å². The zero-order valence-corrected chi connectivity index (χ0v) is 10.7. The molecule has 1 aromatic rings. The van der Waals surface area contributed by atoms with Crippen LogP contribution in [-0.2, 0) is 4.79 Å². The fourth-order valence-corrected chi connectivity index (χ4v) is 2.13. The normalized spacial score (nSPS) is 19.6. The summed E-state index contributed by atoms with van der Waals surface area (Å²) in [4.78, 5) is 16.3. The summed E-state index contributed by atoms with van der Waals surface area (Å²) in [5.41, 5.74) is 7.26. The predicted molar refractivity (Wildman–Crippen MR) is 71.2 cm³/mol. The van der Waals surface area contributed by atoms with Crippen LogP contribution in [0.4, 0.5) is 5.69 Å². The van der Waals surface area contributed by atoms with Crippen molar-refractivity contribution >= 4 is 17.3 Å². The van der Waals surface area contributed by atoms with Gasteiger partial charge in [0.25, 0.3) is 5.91 Å². The second-order valence-electron chi connectivity index (χ2n) is 4.66. The summed E-state index contributed by atoms with van der Waals surface area (Å²) in [7, 11) is 0. The van der Waals surface area contributed by atoms with Crippen molar-refractivity contribution in [2.75, 3.05) is 11.6 Å². The average molecular weight is 246 g/mol. The van der Waals surface area contributed by atoms with Gasteiger partial charge in [0.15, 0.2) is 0 Å². The molecule has 0 radical (unpaired) electrons. The van der Waals surface area contributed by atoms with Gasteiger partial charge in [-0.05, 0) is 31.0 Å². The minimum atomic E-state index is -0.178. The van der Waals surface area contributed by atoms with E-state index in [0.29, 0.717) is 13.0 Å². The molecule has 1 atom stereocenters. The lowest BCUT2D eigenvalue weighted by molar-refractivity contribution is -0.119. The lowest BCUT2D eigenvalue weighted by Crippen LogP contribution is -2.30. The minimum Gasteiger partial charge on any atom is -0.330 e. The first-order chi connectivity index (χ1) is 8.65. The van der Waals surface area contributed by atoms with Crippen LogP contribution < -0.4 is 10.7 Å². The van der Waals surface area contributed by atoms with Gasteiger partial charge in [0, 0.05) is 12.4 Å². The maximum atomic E-state index is 12.3. The Morgan fingerprint density at radius 3 is 2.61 bits per heavy atom. The van der Waals surface area contributed by atoms with Crippen LogP contribution in [0.1, 0.15) is 20.3 Å². The van der Waals surface area contributed by atoms with Gasteiger partial charge in [-0.1, -0.05) is 13.8 Å². The van der Waals surface area contributed by atoms with Crippen LogP contribution in [0.25, 0.3) is 0 Å². The summed E-state index contributed by atoms with van der Waals surface area (Å²) >= 11 is 0. The highest BCUT2D eigenvalue weighted by Crippen LogP contribution is 2.27. The molecule has 0 aromatic carbocycles. The van der Waals surface area contributed by atoms with Crippen LogP contribution in [0.2, 0.25) is 0 Å². The number of carbonyl (C=O) groups excluding carboxylic acids is 1. The van der Waals surface area contributed by atoms with E-state index in [4.69, 9.17) is 5.73 Å². The highest BCUT2D eigenvalue weighted by atomic mass is 16.2. The lowest BCUT2D eigenvalue weighted by Gasteiger charge is -2.14. The number of pyridine rings is 1. The first kappa shape index (κ1) is 12.7. The Morgan fingerprint density at radius 1 is 1.39 bits per heavy atom. The van der Waals surface area contributed by atoms with Crippen LogP contribution in [0.3, 0.4) is 0 Å². The smallest absolute Gasteiger partial charge is 0.256 e. The molecule has 2 heterocycles. The molecule has 2 N–H and O–H groups in total. The molecule has 1 amide bonds. The van der Waals surface area contributed by atoms with Crippen LogP contribution in [-0.4, -0.2) is 23.1 Å². The summed E-state index contributed by atoms with van der Waals surface area (Å²) < 4.78 is 0. The molecule has 2 rings (SSSR count). The summed E-state index contributed by atoms with van der Waals surface area (Å²) in [5.74, 6) is 0.0795. The molecular weight excluding hydrogens is 228 g/mol. The Bertz CT molecular complexity index is 455. The number of nitrogens with zero attached hydrogens (tertiary/aromatic N) is 3. The molecule has 96 valence electrons. The topological polar surface area (TPSA) is 71.6 Å². The van der Waals surface area contributed by atoms with Crippen molar-refractivity contribution < 1.29 is 4.79 Å². The van der Waals surface area contributed by atoms with E-state index in [1.54, 1.807) is 24.5 Å². The quantitative estimate of drug-likeness (QED) is 0.873. The summed E-state index contributed by atoms with van der Waals surface area (Å²) in [6.07, 6.45) is 3.96. The van der Waals surface area contributed by atoms with Crippen molar-refractivity contribution in [2.45, 2.75) is 20.3 Å². The van der Waals surface area contributed by atoms with E-state index in [9.17, 15) is 4.79 Å². The van der Waals surface area contributed by atoms with E-state index in [1.807, 2.05) is 13.8 Å². The van der Waals surface area contributed by atoms with Gasteiger partial charge in [-0.25, -0.2) is 5.01 Å². The molecule has 1 aliphatic rings. The van der Waals surface area contributed by atoms with Crippen molar-refractivity contribution in [3.05, 3.63) is 24.5 Å². The first-order valence-corrected chi connectivity index (χ1v) is 6.17. The Labute approximate surface area is 107 Å². The van der Waals surface area contributed by atoms with Gasteiger partial charge in [0.1, 0.15) is 0 Å². The SMILES string of the molecule is CC(C)C1=NN(c2ccncc2)C(=O)C1CCN. The largest absolute Gasteiger partial charge is 0.330 e. The maximum absolute atomic E-state index is 12.3. The number of carbonyl (C=O) groups is 1. The van der Waals surface area contributed by atoms with Crippen molar-refractivity contribution in [1.29, 1.82) is 0 Å².